The first kappa shape index (κ1) is 27.2. The van der Waals surface area contributed by atoms with E-state index in [0.29, 0.717) is 5.56 Å². The Hall–Kier alpha value is -4.82. The summed E-state index contributed by atoms with van der Waals surface area (Å²) in [6, 6.07) is 15.7. The van der Waals surface area contributed by atoms with Crippen LogP contribution in [0.15, 0.2) is 54.6 Å². The molecule has 0 heterocycles. The Kier molecular flexibility index (Phi) is 10.9. The molecule has 11 heteroatoms. The molecule has 6 nitrogen and oxygen atoms in total. The maximum Gasteiger partial charge on any atom is 0.387 e. The van der Waals surface area contributed by atoms with Crippen LogP contribution in [0.5, 0.6) is 17.2 Å². The Morgan fingerprint density at radius 3 is 1.53 bits per heavy atom. The van der Waals surface area contributed by atoms with E-state index in [1.165, 1.54) is 37.4 Å². The maximum absolute atomic E-state index is 12.7. The SMILES string of the molecule is COc1cc(C#N)ccc1F.N#Cc1ccc(F)c(O)c1.N#Cc1ccc(F)c(OC(F)F)c1. The van der Waals surface area contributed by atoms with E-state index in [-0.39, 0.29) is 16.9 Å². The minimum Gasteiger partial charge on any atom is -0.505 e. The monoisotopic (exact) mass is 475 g/mol. The molecule has 0 aliphatic rings. The van der Waals surface area contributed by atoms with Crippen molar-refractivity contribution in [2.45, 2.75) is 6.61 Å². The molecule has 3 rings (SSSR count). The predicted molar refractivity (Wildman–Crippen MR) is 108 cm³/mol. The van der Waals surface area contributed by atoms with Crippen LogP contribution in [0.3, 0.4) is 0 Å². The zero-order chi connectivity index (χ0) is 25.7. The number of methoxy groups -OCH3 is 1. The van der Waals surface area contributed by atoms with Crippen LogP contribution in [0.4, 0.5) is 22.0 Å². The molecule has 0 atom stereocenters. The molecule has 0 aliphatic heterocycles. The van der Waals surface area contributed by atoms with E-state index >= 15 is 0 Å². The molecular formula is C23H14F5N3O3. The van der Waals surface area contributed by atoms with Crippen LogP contribution in [-0.4, -0.2) is 18.8 Å². The number of nitriles is 3. The number of benzene rings is 3. The largest absolute Gasteiger partial charge is 0.505 e. The minimum absolute atomic E-state index is 0.0667. The van der Waals surface area contributed by atoms with Gasteiger partial charge in [-0.25, -0.2) is 13.2 Å². The highest BCUT2D eigenvalue weighted by Crippen LogP contribution is 2.20. The normalized spacial score (nSPS) is 9.18. The Balaban J connectivity index is 0.000000257. The Morgan fingerprint density at radius 2 is 1.12 bits per heavy atom. The molecule has 1 N–H and O–H groups in total. The van der Waals surface area contributed by atoms with Crippen molar-refractivity contribution < 1.29 is 36.5 Å². The lowest BCUT2D eigenvalue weighted by atomic mass is 10.2. The number of aromatic hydroxyl groups is 1. The molecule has 0 fully saturated rings. The third-order valence-corrected chi connectivity index (χ3v) is 3.63. The lowest BCUT2D eigenvalue weighted by molar-refractivity contribution is -0.0522. The van der Waals surface area contributed by atoms with Crippen molar-refractivity contribution in [3.8, 4) is 35.5 Å². The van der Waals surface area contributed by atoms with Gasteiger partial charge in [-0.15, -0.1) is 0 Å². The molecule has 0 aliphatic carbocycles. The highest BCUT2D eigenvalue weighted by Gasteiger charge is 2.10. The number of hydrogen-bond donors (Lipinski definition) is 1. The van der Waals surface area contributed by atoms with Crippen LogP contribution in [0.1, 0.15) is 16.7 Å². The van der Waals surface area contributed by atoms with Crippen molar-refractivity contribution in [2.75, 3.05) is 7.11 Å². The second-order valence-electron chi connectivity index (χ2n) is 5.87. The summed E-state index contributed by atoms with van der Waals surface area (Å²) in [6.07, 6.45) is 0. The van der Waals surface area contributed by atoms with Crippen molar-refractivity contribution >= 4 is 0 Å². The maximum atomic E-state index is 12.7. The van der Waals surface area contributed by atoms with Gasteiger partial charge in [0.2, 0.25) is 0 Å². The fourth-order valence-electron chi connectivity index (χ4n) is 2.07. The van der Waals surface area contributed by atoms with Crippen LogP contribution >= 0.6 is 0 Å². The summed E-state index contributed by atoms with van der Waals surface area (Å²) < 4.78 is 69.5. The molecule has 3 aromatic rings. The van der Waals surface area contributed by atoms with Crippen molar-refractivity contribution in [3.63, 3.8) is 0 Å². The summed E-state index contributed by atoms with van der Waals surface area (Å²) in [5.41, 5.74) is 0.708. The van der Waals surface area contributed by atoms with Crippen LogP contribution in [0.25, 0.3) is 0 Å². The van der Waals surface area contributed by atoms with Crippen molar-refractivity contribution in [2.24, 2.45) is 0 Å². The van der Waals surface area contributed by atoms with Gasteiger partial charge in [0.25, 0.3) is 0 Å². The summed E-state index contributed by atoms with van der Waals surface area (Å²) in [5.74, 6) is -3.08. The van der Waals surface area contributed by atoms with Gasteiger partial charge in [-0.1, -0.05) is 0 Å². The van der Waals surface area contributed by atoms with Gasteiger partial charge < -0.3 is 14.6 Å². The quantitative estimate of drug-likeness (QED) is 0.508. The molecule has 0 aromatic heterocycles. The molecule has 0 spiro atoms. The Morgan fingerprint density at radius 1 is 0.706 bits per heavy atom. The summed E-state index contributed by atoms with van der Waals surface area (Å²) in [5, 5.41) is 33.8. The third-order valence-electron chi connectivity index (χ3n) is 3.63. The number of rotatable bonds is 3. The summed E-state index contributed by atoms with van der Waals surface area (Å²) >= 11 is 0. The Bertz CT molecular complexity index is 1250. The van der Waals surface area contributed by atoms with Crippen molar-refractivity contribution in [1.29, 1.82) is 15.8 Å². The van der Waals surface area contributed by atoms with Gasteiger partial charge in [-0.2, -0.15) is 24.6 Å². The molecule has 0 saturated heterocycles. The molecule has 0 unspecified atom stereocenters. The predicted octanol–water partition coefficient (Wildman–Crippen LogP) is 5.41. The molecule has 3 aromatic carbocycles. The zero-order valence-corrected chi connectivity index (χ0v) is 17.3. The number of phenols is 1. The molecular weight excluding hydrogens is 461 g/mol. The first-order chi connectivity index (χ1) is 16.1. The number of phenolic OH excluding ortho intramolecular Hbond substituents is 1. The van der Waals surface area contributed by atoms with E-state index in [9.17, 15) is 22.0 Å². The van der Waals surface area contributed by atoms with Crippen LogP contribution in [0.2, 0.25) is 0 Å². The van der Waals surface area contributed by atoms with Crippen LogP contribution in [-0.2, 0) is 0 Å². The van der Waals surface area contributed by atoms with Crippen molar-refractivity contribution in [1.82, 2.24) is 0 Å². The fraction of sp³-hybridized carbons (Fsp3) is 0.0870. The lowest BCUT2D eigenvalue weighted by Gasteiger charge is -2.04. The third kappa shape index (κ3) is 8.74. The highest BCUT2D eigenvalue weighted by atomic mass is 19.3. The first-order valence-electron chi connectivity index (χ1n) is 8.91. The van der Waals surface area contributed by atoms with Gasteiger partial charge >= 0.3 is 6.61 Å². The Labute approximate surface area is 190 Å². The second-order valence-corrected chi connectivity index (χ2v) is 5.87. The molecule has 34 heavy (non-hydrogen) atoms. The standard InChI is InChI=1S/C8H4F3NO.C8H6FNO.C7H4FNO/c9-6-2-1-5(4-12)3-7(6)13-8(10)11;1-11-8-4-6(5-10)2-3-7(8)9;8-6-2-1-5(4-9)3-7(6)10/h1-3,8H;2-4H,1H3;1-3,10H. The van der Waals surface area contributed by atoms with E-state index in [0.717, 1.165) is 24.3 Å². The zero-order valence-electron chi connectivity index (χ0n) is 17.3. The van der Waals surface area contributed by atoms with Gasteiger partial charge in [0.05, 0.1) is 42.0 Å². The number of nitrogens with zero attached hydrogens (tertiary/aromatic N) is 3. The summed E-state index contributed by atoms with van der Waals surface area (Å²) in [7, 11) is 1.36. The van der Waals surface area contributed by atoms with Gasteiger partial charge in [0, 0.05) is 18.2 Å². The van der Waals surface area contributed by atoms with Crippen LogP contribution < -0.4 is 9.47 Å². The molecule has 0 saturated carbocycles. The lowest BCUT2D eigenvalue weighted by Crippen LogP contribution is -2.03. The first-order valence-corrected chi connectivity index (χ1v) is 8.91. The topological polar surface area (TPSA) is 110 Å². The second kappa shape index (κ2) is 13.6. The summed E-state index contributed by atoms with van der Waals surface area (Å²) in [4.78, 5) is 0. The van der Waals surface area contributed by atoms with Gasteiger partial charge in [-0.05, 0) is 36.4 Å². The van der Waals surface area contributed by atoms with Crippen molar-refractivity contribution in [3.05, 3.63) is 88.7 Å². The van der Waals surface area contributed by atoms with E-state index in [2.05, 4.69) is 9.47 Å². The minimum atomic E-state index is -3.09. The van der Waals surface area contributed by atoms with Gasteiger partial charge in [-0.3, -0.25) is 0 Å². The van der Waals surface area contributed by atoms with E-state index in [4.69, 9.17) is 20.9 Å². The number of alkyl halides is 2. The van der Waals surface area contributed by atoms with E-state index in [1.807, 2.05) is 6.07 Å². The van der Waals surface area contributed by atoms with Crippen LogP contribution in [0, 0.1) is 51.4 Å². The molecule has 0 bridgehead atoms. The number of ether oxygens (including phenoxy) is 2. The van der Waals surface area contributed by atoms with Gasteiger partial charge in [0.1, 0.15) is 0 Å². The molecule has 174 valence electrons. The highest BCUT2D eigenvalue weighted by molar-refractivity contribution is 5.38. The number of halogens is 5. The molecule has 0 radical (unpaired) electrons. The van der Waals surface area contributed by atoms with Gasteiger partial charge in [0.15, 0.2) is 34.7 Å². The fourth-order valence-corrected chi connectivity index (χ4v) is 2.07. The summed E-state index contributed by atoms with van der Waals surface area (Å²) in [6.45, 7) is -3.09. The smallest absolute Gasteiger partial charge is 0.387 e. The van der Waals surface area contributed by atoms with E-state index in [1.54, 1.807) is 12.1 Å². The average molecular weight is 475 g/mol. The number of hydrogen-bond acceptors (Lipinski definition) is 6. The van der Waals surface area contributed by atoms with E-state index < -0.39 is 35.6 Å². The molecule has 0 amide bonds. The average Bonchev–Trinajstić information content (AvgIpc) is 2.83.